The van der Waals surface area contributed by atoms with E-state index in [1.165, 1.54) is 0 Å². The average molecular weight is 399 g/mol. The largest absolute Gasteiger partial charge is 0.493 e. The van der Waals surface area contributed by atoms with Crippen LogP contribution in [0.3, 0.4) is 0 Å². The van der Waals surface area contributed by atoms with E-state index in [2.05, 4.69) is 0 Å². The molecule has 0 aliphatic heterocycles. The summed E-state index contributed by atoms with van der Waals surface area (Å²) < 4.78 is 21.6. The highest BCUT2D eigenvalue weighted by Gasteiger charge is 2.19. The van der Waals surface area contributed by atoms with Crippen LogP contribution < -0.4 is 24.7 Å². The van der Waals surface area contributed by atoms with Crippen LogP contribution in [0, 0.1) is 5.92 Å². The fourth-order valence-electron chi connectivity index (χ4n) is 3.00. The van der Waals surface area contributed by atoms with Crippen molar-refractivity contribution in [3.8, 4) is 23.0 Å². The number of rotatable bonds is 9. The van der Waals surface area contributed by atoms with Crippen molar-refractivity contribution in [2.75, 3.05) is 33.7 Å². The van der Waals surface area contributed by atoms with Gasteiger partial charge in [-0.3, -0.25) is 4.79 Å². The molecule has 2 rings (SSSR count). The van der Waals surface area contributed by atoms with E-state index < -0.39 is 0 Å². The van der Waals surface area contributed by atoms with E-state index >= 15 is 0 Å². The number of allylic oxidation sites excluding steroid dienone is 1. The van der Waals surface area contributed by atoms with Gasteiger partial charge in [0.25, 0.3) is 0 Å². The molecular weight excluding hydrogens is 370 g/mol. The van der Waals surface area contributed by atoms with Gasteiger partial charge in [-0.1, -0.05) is 13.8 Å². The third-order valence-electron chi connectivity index (χ3n) is 4.47. The van der Waals surface area contributed by atoms with Gasteiger partial charge < -0.3 is 24.7 Å². The van der Waals surface area contributed by atoms with Gasteiger partial charge in [0, 0.05) is 11.1 Å². The first-order valence-electron chi connectivity index (χ1n) is 9.44. The number of hydrogen-bond donors (Lipinski definition) is 1. The topological polar surface area (TPSA) is 80.0 Å². The Balaban J connectivity index is 2.50. The number of carbonyl (C=O) groups excluding carboxylic acids is 1. The van der Waals surface area contributed by atoms with Crippen LogP contribution in [0.25, 0.3) is 6.08 Å². The lowest BCUT2D eigenvalue weighted by molar-refractivity contribution is 0.102. The SMILES string of the molecule is CCOc1ccc(C(=O)/C(=C/c2cc(OC)c(OC)c(OC)c2)C(C)C)cc1N. The van der Waals surface area contributed by atoms with Crippen molar-refractivity contribution in [2.24, 2.45) is 5.92 Å². The predicted molar refractivity (Wildman–Crippen MR) is 115 cm³/mol. The van der Waals surface area contributed by atoms with Gasteiger partial charge in [0.15, 0.2) is 17.3 Å². The van der Waals surface area contributed by atoms with E-state index in [0.717, 1.165) is 5.56 Å². The molecule has 0 amide bonds. The minimum Gasteiger partial charge on any atom is -0.493 e. The zero-order chi connectivity index (χ0) is 21.6. The smallest absolute Gasteiger partial charge is 0.203 e. The average Bonchev–Trinajstić information content (AvgIpc) is 2.71. The van der Waals surface area contributed by atoms with Gasteiger partial charge in [-0.25, -0.2) is 0 Å². The number of carbonyl (C=O) groups is 1. The molecule has 156 valence electrons. The van der Waals surface area contributed by atoms with Crippen LogP contribution in [0.4, 0.5) is 5.69 Å². The molecule has 0 radical (unpaired) electrons. The van der Waals surface area contributed by atoms with E-state index in [1.54, 1.807) is 39.5 Å². The summed E-state index contributed by atoms with van der Waals surface area (Å²) in [4.78, 5) is 13.2. The Kier molecular flexibility index (Phi) is 7.53. The number of ether oxygens (including phenoxy) is 4. The number of nitrogens with two attached hydrogens (primary N) is 1. The number of nitrogen functional groups attached to an aromatic ring is 1. The van der Waals surface area contributed by atoms with Gasteiger partial charge in [0.2, 0.25) is 5.75 Å². The second kappa shape index (κ2) is 9.87. The second-order valence-electron chi connectivity index (χ2n) is 6.73. The molecular formula is C23H29NO5. The van der Waals surface area contributed by atoms with Crippen LogP contribution in [0.5, 0.6) is 23.0 Å². The summed E-state index contributed by atoms with van der Waals surface area (Å²) in [6, 6.07) is 8.73. The maximum Gasteiger partial charge on any atom is 0.203 e. The first-order chi connectivity index (χ1) is 13.9. The molecule has 0 bridgehead atoms. The standard InChI is InChI=1S/C23H29NO5/c1-7-29-19-9-8-16(13-18(19)24)22(25)17(14(2)3)10-15-11-20(26-4)23(28-6)21(12-15)27-5/h8-14H,7,24H2,1-6H3/b17-10+. The highest BCUT2D eigenvalue weighted by Crippen LogP contribution is 2.39. The van der Waals surface area contributed by atoms with Gasteiger partial charge in [0.05, 0.1) is 33.6 Å². The van der Waals surface area contributed by atoms with Crippen LogP contribution in [0.2, 0.25) is 0 Å². The van der Waals surface area contributed by atoms with Crippen LogP contribution in [0.1, 0.15) is 36.7 Å². The molecule has 0 atom stereocenters. The number of Topliss-reactive ketones (excluding diaryl/α,β-unsaturated/α-hetero) is 1. The van der Waals surface area contributed by atoms with E-state index in [0.29, 0.717) is 46.4 Å². The molecule has 0 unspecified atom stereocenters. The molecule has 2 N–H and O–H groups in total. The Morgan fingerprint density at radius 2 is 1.62 bits per heavy atom. The minimum absolute atomic E-state index is 0.00520. The Morgan fingerprint density at radius 1 is 1.00 bits per heavy atom. The molecule has 0 fully saturated rings. The fourth-order valence-corrected chi connectivity index (χ4v) is 3.00. The molecule has 0 saturated carbocycles. The van der Waals surface area contributed by atoms with Crippen LogP contribution in [0.15, 0.2) is 35.9 Å². The quantitative estimate of drug-likeness (QED) is 0.377. The Hall–Kier alpha value is -3.15. The molecule has 6 nitrogen and oxygen atoms in total. The number of methoxy groups -OCH3 is 3. The highest BCUT2D eigenvalue weighted by atomic mass is 16.5. The fraction of sp³-hybridized carbons (Fsp3) is 0.348. The summed E-state index contributed by atoms with van der Waals surface area (Å²) in [5.41, 5.74) is 8.40. The van der Waals surface area contributed by atoms with Crippen molar-refractivity contribution < 1.29 is 23.7 Å². The van der Waals surface area contributed by atoms with Crippen molar-refractivity contribution in [1.82, 2.24) is 0 Å². The molecule has 0 aromatic heterocycles. The van der Waals surface area contributed by atoms with Gasteiger partial charge in [-0.2, -0.15) is 0 Å². The lowest BCUT2D eigenvalue weighted by Crippen LogP contribution is -2.10. The van der Waals surface area contributed by atoms with E-state index in [4.69, 9.17) is 24.7 Å². The lowest BCUT2D eigenvalue weighted by atomic mass is 9.92. The zero-order valence-corrected chi connectivity index (χ0v) is 17.9. The molecule has 0 heterocycles. The molecule has 29 heavy (non-hydrogen) atoms. The molecule has 2 aromatic carbocycles. The lowest BCUT2D eigenvalue weighted by Gasteiger charge is -2.15. The highest BCUT2D eigenvalue weighted by molar-refractivity contribution is 6.12. The van der Waals surface area contributed by atoms with Gasteiger partial charge in [-0.05, 0) is 54.8 Å². The molecule has 0 saturated heterocycles. The Labute approximate surface area is 172 Å². The minimum atomic E-state index is -0.0940. The van der Waals surface area contributed by atoms with Gasteiger partial charge >= 0.3 is 0 Å². The number of hydrogen-bond acceptors (Lipinski definition) is 6. The molecule has 0 aliphatic rings. The maximum atomic E-state index is 13.2. The first kappa shape index (κ1) is 22.1. The van der Waals surface area contributed by atoms with Gasteiger partial charge in [-0.15, -0.1) is 0 Å². The van der Waals surface area contributed by atoms with Crippen LogP contribution in [-0.4, -0.2) is 33.7 Å². The molecule has 6 heteroatoms. The molecule has 0 aliphatic carbocycles. The van der Waals surface area contributed by atoms with E-state index in [-0.39, 0.29) is 11.7 Å². The van der Waals surface area contributed by atoms with Crippen molar-refractivity contribution in [1.29, 1.82) is 0 Å². The van der Waals surface area contributed by atoms with Crippen molar-refractivity contribution >= 4 is 17.5 Å². The van der Waals surface area contributed by atoms with Crippen molar-refractivity contribution in [3.63, 3.8) is 0 Å². The summed E-state index contributed by atoms with van der Waals surface area (Å²) >= 11 is 0. The monoisotopic (exact) mass is 399 g/mol. The van der Waals surface area contributed by atoms with E-state index in [1.807, 2.05) is 39.0 Å². The number of anilines is 1. The Morgan fingerprint density at radius 3 is 2.07 bits per heavy atom. The van der Waals surface area contributed by atoms with Gasteiger partial charge in [0.1, 0.15) is 5.75 Å². The first-order valence-corrected chi connectivity index (χ1v) is 9.44. The Bertz CT molecular complexity index is 877. The summed E-state index contributed by atoms with van der Waals surface area (Å²) in [5, 5.41) is 0. The molecule has 0 spiro atoms. The van der Waals surface area contributed by atoms with Crippen molar-refractivity contribution in [2.45, 2.75) is 20.8 Å². The number of benzene rings is 2. The van der Waals surface area contributed by atoms with E-state index in [9.17, 15) is 4.79 Å². The summed E-state index contributed by atoms with van der Waals surface area (Å²) in [7, 11) is 4.67. The summed E-state index contributed by atoms with van der Waals surface area (Å²) in [5.74, 6) is 2.03. The third-order valence-corrected chi connectivity index (χ3v) is 4.47. The normalized spacial score (nSPS) is 11.3. The maximum absolute atomic E-state index is 13.2. The van der Waals surface area contributed by atoms with Crippen LogP contribution in [-0.2, 0) is 0 Å². The third kappa shape index (κ3) is 5.02. The molecule has 2 aromatic rings. The summed E-state index contributed by atoms with van der Waals surface area (Å²) in [6.07, 6.45) is 1.84. The second-order valence-corrected chi connectivity index (χ2v) is 6.73. The predicted octanol–water partition coefficient (Wildman–Crippen LogP) is 4.62. The van der Waals surface area contributed by atoms with Crippen molar-refractivity contribution in [3.05, 3.63) is 47.0 Å². The summed E-state index contributed by atoms with van der Waals surface area (Å²) in [6.45, 7) is 6.34. The zero-order valence-electron chi connectivity index (χ0n) is 17.9. The van der Waals surface area contributed by atoms with Crippen LogP contribution >= 0.6 is 0 Å². The number of ketones is 1.